The van der Waals surface area contributed by atoms with Crippen molar-refractivity contribution in [3.05, 3.63) is 40.5 Å². The molecular weight excluding hydrogens is 282 g/mol. The molecule has 0 aromatic carbocycles. The summed E-state index contributed by atoms with van der Waals surface area (Å²) >= 11 is 3.46. The van der Waals surface area contributed by atoms with Crippen molar-refractivity contribution in [3.63, 3.8) is 0 Å². The molecule has 0 bridgehead atoms. The maximum atomic E-state index is 5.93. The molecule has 0 amide bonds. The van der Waals surface area contributed by atoms with E-state index in [0.717, 1.165) is 28.0 Å². The molecule has 0 atom stereocenters. The van der Waals surface area contributed by atoms with Gasteiger partial charge in [-0.3, -0.25) is 4.98 Å². The molecule has 0 radical (unpaired) electrons. The van der Waals surface area contributed by atoms with Gasteiger partial charge >= 0.3 is 0 Å². The minimum absolute atomic E-state index is 0.656. The van der Waals surface area contributed by atoms with Gasteiger partial charge in [-0.25, -0.2) is 0 Å². The first kappa shape index (κ1) is 12.0. The molecule has 90 valence electrons. The van der Waals surface area contributed by atoms with E-state index in [-0.39, 0.29) is 0 Å². The van der Waals surface area contributed by atoms with Crippen LogP contribution in [0.1, 0.15) is 11.3 Å². The van der Waals surface area contributed by atoms with E-state index in [2.05, 4.69) is 25.8 Å². The zero-order valence-corrected chi connectivity index (χ0v) is 11.4. The zero-order valence-electron chi connectivity index (χ0n) is 9.77. The summed E-state index contributed by atoms with van der Waals surface area (Å²) in [6.45, 7) is 2.70. The van der Waals surface area contributed by atoms with Gasteiger partial charge in [-0.1, -0.05) is 0 Å². The molecule has 0 fully saturated rings. The van der Waals surface area contributed by atoms with E-state index >= 15 is 0 Å². The lowest BCUT2D eigenvalue weighted by Crippen LogP contribution is -2.18. The highest BCUT2D eigenvalue weighted by atomic mass is 79.9. The number of aromatic nitrogens is 1. The van der Waals surface area contributed by atoms with Crippen LogP contribution in [0.3, 0.4) is 0 Å². The van der Waals surface area contributed by atoms with Crippen LogP contribution in [0.2, 0.25) is 0 Å². The lowest BCUT2D eigenvalue weighted by Gasteiger charge is -2.21. The number of nitrogens with zero attached hydrogens (tertiary/aromatic N) is 2. The molecule has 0 aliphatic carbocycles. The minimum Gasteiger partial charge on any atom is -0.469 e. The van der Waals surface area contributed by atoms with E-state index in [1.807, 2.05) is 20.0 Å². The Kier molecular flexibility index (Phi) is 3.38. The number of rotatable bonds is 3. The van der Waals surface area contributed by atoms with Crippen LogP contribution < -0.4 is 10.6 Å². The molecule has 4 nitrogen and oxygen atoms in total. The number of nitrogens with two attached hydrogens (primary N) is 1. The first-order chi connectivity index (χ1) is 8.09. The van der Waals surface area contributed by atoms with Crippen molar-refractivity contribution >= 4 is 27.3 Å². The topological polar surface area (TPSA) is 55.3 Å². The van der Waals surface area contributed by atoms with Gasteiger partial charge in [0, 0.05) is 25.4 Å². The Morgan fingerprint density at radius 3 is 2.82 bits per heavy atom. The number of aryl methyl sites for hydroxylation is 1. The van der Waals surface area contributed by atoms with E-state index in [1.54, 1.807) is 18.7 Å². The highest BCUT2D eigenvalue weighted by Crippen LogP contribution is 2.31. The second-order valence-corrected chi connectivity index (χ2v) is 4.77. The van der Waals surface area contributed by atoms with Gasteiger partial charge in [0.2, 0.25) is 0 Å². The Bertz CT molecular complexity index is 504. The van der Waals surface area contributed by atoms with Crippen molar-refractivity contribution in [1.29, 1.82) is 0 Å². The fourth-order valence-corrected chi connectivity index (χ4v) is 2.41. The predicted octanol–water partition coefficient (Wildman–Crippen LogP) is 2.96. The molecule has 0 spiro atoms. The van der Waals surface area contributed by atoms with E-state index in [9.17, 15) is 0 Å². The Morgan fingerprint density at radius 1 is 1.47 bits per heavy atom. The molecule has 17 heavy (non-hydrogen) atoms. The van der Waals surface area contributed by atoms with Crippen molar-refractivity contribution in [3.8, 4) is 0 Å². The van der Waals surface area contributed by atoms with Gasteiger partial charge in [0.25, 0.3) is 0 Å². The van der Waals surface area contributed by atoms with Crippen molar-refractivity contribution in [2.45, 2.75) is 13.5 Å². The Balaban J connectivity index is 2.26. The Morgan fingerprint density at radius 2 is 2.24 bits per heavy atom. The van der Waals surface area contributed by atoms with E-state index in [0.29, 0.717) is 5.69 Å². The molecule has 0 saturated carbocycles. The van der Waals surface area contributed by atoms with Crippen LogP contribution in [-0.2, 0) is 6.54 Å². The van der Waals surface area contributed by atoms with E-state index in [4.69, 9.17) is 10.2 Å². The van der Waals surface area contributed by atoms with Crippen molar-refractivity contribution in [2.75, 3.05) is 17.7 Å². The van der Waals surface area contributed by atoms with Gasteiger partial charge in [0.15, 0.2) is 0 Å². The van der Waals surface area contributed by atoms with Crippen LogP contribution in [0.25, 0.3) is 0 Å². The fraction of sp³-hybridized carbons (Fsp3) is 0.250. The molecule has 2 heterocycles. The standard InChI is InChI=1S/C12H14BrN3O/c1-8-9(3-4-17-8)7-16(2)12-10(13)5-15-6-11(12)14/h3-6H,7,14H2,1-2H3. The third-order valence-electron chi connectivity index (χ3n) is 2.66. The quantitative estimate of drug-likeness (QED) is 0.946. The first-order valence-electron chi connectivity index (χ1n) is 5.22. The van der Waals surface area contributed by atoms with Gasteiger partial charge in [0.05, 0.1) is 28.3 Å². The molecule has 2 N–H and O–H groups in total. The van der Waals surface area contributed by atoms with Crippen LogP contribution in [0, 0.1) is 6.92 Å². The van der Waals surface area contributed by atoms with Crippen molar-refractivity contribution < 1.29 is 4.42 Å². The van der Waals surface area contributed by atoms with Gasteiger partial charge in [-0.2, -0.15) is 0 Å². The average molecular weight is 296 g/mol. The largest absolute Gasteiger partial charge is 0.469 e. The van der Waals surface area contributed by atoms with Gasteiger partial charge in [-0.15, -0.1) is 0 Å². The molecular formula is C12H14BrN3O. The van der Waals surface area contributed by atoms with Crippen molar-refractivity contribution in [2.24, 2.45) is 0 Å². The molecule has 2 aromatic heterocycles. The monoisotopic (exact) mass is 295 g/mol. The third-order valence-corrected chi connectivity index (χ3v) is 3.24. The number of hydrogen-bond acceptors (Lipinski definition) is 4. The second-order valence-electron chi connectivity index (χ2n) is 3.92. The number of nitrogen functional groups attached to an aromatic ring is 1. The van der Waals surface area contributed by atoms with Crippen molar-refractivity contribution in [1.82, 2.24) is 4.98 Å². The fourth-order valence-electron chi connectivity index (χ4n) is 1.76. The van der Waals surface area contributed by atoms with Crippen LogP contribution in [0.15, 0.2) is 33.6 Å². The van der Waals surface area contributed by atoms with E-state index < -0.39 is 0 Å². The summed E-state index contributed by atoms with van der Waals surface area (Å²) in [5.74, 6) is 0.931. The van der Waals surface area contributed by atoms with Gasteiger partial charge in [-0.05, 0) is 28.9 Å². The Hall–Kier alpha value is -1.49. The van der Waals surface area contributed by atoms with E-state index in [1.165, 1.54) is 0 Å². The summed E-state index contributed by atoms with van der Waals surface area (Å²) in [7, 11) is 1.99. The highest BCUT2D eigenvalue weighted by Gasteiger charge is 2.12. The first-order valence-corrected chi connectivity index (χ1v) is 6.02. The highest BCUT2D eigenvalue weighted by molar-refractivity contribution is 9.10. The maximum absolute atomic E-state index is 5.93. The van der Waals surface area contributed by atoms with Gasteiger partial charge in [0.1, 0.15) is 5.76 Å². The summed E-state index contributed by atoms with van der Waals surface area (Å²) in [6.07, 6.45) is 5.09. The van der Waals surface area contributed by atoms with Crippen LogP contribution in [0.5, 0.6) is 0 Å². The van der Waals surface area contributed by atoms with Crippen LogP contribution in [-0.4, -0.2) is 12.0 Å². The lowest BCUT2D eigenvalue weighted by molar-refractivity contribution is 0.529. The molecule has 2 aromatic rings. The van der Waals surface area contributed by atoms with Gasteiger partial charge < -0.3 is 15.1 Å². The predicted molar refractivity (Wildman–Crippen MR) is 71.9 cm³/mol. The molecule has 2 rings (SSSR count). The molecule has 0 unspecified atom stereocenters. The lowest BCUT2D eigenvalue weighted by atomic mass is 10.2. The molecule has 5 heteroatoms. The number of anilines is 2. The number of pyridine rings is 1. The minimum atomic E-state index is 0.656. The number of halogens is 1. The van der Waals surface area contributed by atoms with Crippen LogP contribution >= 0.6 is 15.9 Å². The number of furan rings is 1. The summed E-state index contributed by atoms with van der Waals surface area (Å²) in [5, 5.41) is 0. The zero-order chi connectivity index (χ0) is 12.4. The smallest absolute Gasteiger partial charge is 0.105 e. The van der Waals surface area contributed by atoms with Crippen LogP contribution in [0.4, 0.5) is 11.4 Å². The summed E-state index contributed by atoms with van der Waals surface area (Å²) in [5.41, 5.74) is 8.68. The SMILES string of the molecule is Cc1occc1CN(C)c1c(N)cncc1Br. The molecule has 0 aliphatic heterocycles. The number of hydrogen-bond donors (Lipinski definition) is 1. The average Bonchev–Trinajstić information content (AvgIpc) is 2.64. The normalized spacial score (nSPS) is 10.5. The second kappa shape index (κ2) is 4.79. The molecule has 0 aliphatic rings. The molecule has 0 saturated heterocycles. The third kappa shape index (κ3) is 2.44. The summed E-state index contributed by atoms with van der Waals surface area (Å²) in [4.78, 5) is 6.09. The summed E-state index contributed by atoms with van der Waals surface area (Å²) in [6, 6.07) is 1.97. The maximum Gasteiger partial charge on any atom is 0.105 e. The Labute approximate surface area is 109 Å². The summed E-state index contributed by atoms with van der Waals surface area (Å²) < 4.78 is 6.17.